The summed E-state index contributed by atoms with van der Waals surface area (Å²) in [6.45, 7) is 0.0295. The van der Waals surface area contributed by atoms with Crippen molar-refractivity contribution in [1.29, 1.82) is 0 Å². The molecule has 0 N–H and O–H groups in total. The average molecular weight is 346 g/mol. The smallest absolute Gasteiger partial charge is 0.253 e. The Morgan fingerprint density at radius 2 is 1.74 bits per heavy atom. The summed E-state index contributed by atoms with van der Waals surface area (Å²) in [7, 11) is 2.84. The quantitative estimate of drug-likeness (QED) is 0.464. The van der Waals surface area contributed by atoms with Crippen LogP contribution in [0.5, 0.6) is 5.75 Å². The lowest BCUT2D eigenvalue weighted by Gasteiger charge is -2.21. The lowest BCUT2D eigenvalue weighted by molar-refractivity contribution is 0.403. The van der Waals surface area contributed by atoms with Crippen molar-refractivity contribution in [2.45, 2.75) is 11.4 Å². The second kappa shape index (κ2) is 7.08. The van der Waals surface area contributed by atoms with E-state index in [9.17, 15) is 17.6 Å². The number of anilines is 1. The molecule has 0 amide bonds. The molecule has 23 heavy (non-hydrogen) atoms. The molecule has 2 rings (SSSR count). The molecule has 1 heterocycles. The van der Waals surface area contributed by atoms with Gasteiger partial charge in [0, 0.05) is 18.5 Å². The summed E-state index contributed by atoms with van der Waals surface area (Å²) in [5.41, 5.74) is -0.138. The highest BCUT2D eigenvalue weighted by molar-refractivity contribution is 7.98. The van der Waals surface area contributed by atoms with Gasteiger partial charge in [0.1, 0.15) is 11.4 Å². The molecule has 0 fully saturated rings. The van der Waals surface area contributed by atoms with E-state index in [1.165, 1.54) is 25.9 Å². The van der Waals surface area contributed by atoms with Gasteiger partial charge in [0.2, 0.25) is 11.6 Å². The van der Waals surface area contributed by atoms with Gasteiger partial charge in [0.05, 0.1) is 7.11 Å². The fraction of sp³-hybridized carbons (Fsp3) is 0.267. The normalized spacial score (nSPS) is 10.7. The van der Waals surface area contributed by atoms with Crippen molar-refractivity contribution in [2.24, 2.45) is 0 Å². The zero-order chi connectivity index (χ0) is 17.1. The second-order valence-electron chi connectivity index (χ2n) is 4.72. The first-order chi connectivity index (χ1) is 10.9. The molecule has 0 saturated heterocycles. The van der Waals surface area contributed by atoms with Crippen LogP contribution in [0, 0.1) is 23.5 Å². The lowest BCUT2D eigenvalue weighted by Crippen LogP contribution is -2.21. The van der Waals surface area contributed by atoms with E-state index in [2.05, 4.69) is 4.98 Å². The first-order valence-electron chi connectivity index (χ1n) is 6.51. The van der Waals surface area contributed by atoms with E-state index in [-0.39, 0.29) is 6.54 Å². The molecular formula is C15H14F4N2OS. The molecular weight excluding hydrogens is 332 g/mol. The Bertz CT molecular complexity index is 701. The van der Waals surface area contributed by atoms with Crippen LogP contribution < -0.4 is 9.64 Å². The monoisotopic (exact) mass is 346 g/mol. The summed E-state index contributed by atoms with van der Waals surface area (Å²) in [4.78, 5) is 4.52. The predicted molar refractivity (Wildman–Crippen MR) is 81.0 cm³/mol. The van der Waals surface area contributed by atoms with Crippen LogP contribution in [0.1, 0.15) is 5.56 Å². The fourth-order valence-electron chi connectivity index (χ4n) is 2.14. The second-order valence-corrected chi connectivity index (χ2v) is 5.56. The number of benzene rings is 1. The molecule has 1 aromatic heterocycles. The van der Waals surface area contributed by atoms with Gasteiger partial charge in [-0.2, -0.15) is 22.5 Å². The third kappa shape index (κ3) is 3.52. The van der Waals surface area contributed by atoms with Crippen LogP contribution in [0.25, 0.3) is 0 Å². The first-order valence-corrected chi connectivity index (χ1v) is 7.73. The van der Waals surface area contributed by atoms with Gasteiger partial charge in [0.25, 0.3) is 11.9 Å². The highest BCUT2D eigenvalue weighted by Crippen LogP contribution is 2.30. The molecule has 0 aliphatic rings. The van der Waals surface area contributed by atoms with E-state index in [0.717, 1.165) is 9.80 Å². The molecule has 3 nitrogen and oxygen atoms in total. The number of methoxy groups -OCH3 is 1. The SMILES string of the molecule is COc1cc(CN(C)c2c(F)c(F)nc(F)c2F)ccc1SC. The number of hydrogen-bond donors (Lipinski definition) is 0. The summed E-state index contributed by atoms with van der Waals surface area (Å²) in [6.07, 6.45) is 1.89. The Hall–Kier alpha value is -1.96. The Kier molecular flexibility index (Phi) is 5.35. The molecule has 0 aliphatic carbocycles. The van der Waals surface area contributed by atoms with Crippen LogP contribution in [-0.4, -0.2) is 25.4 Å². The molecule has 2 aromatic rings. The number of hydrogen-bond acceptors (Lipinski definition) is 4. The van der Waals surface area contributed by atoms with E-state index < -0.39 is 29.2 Å². The summed E-state index contributed by atoms with van der Waals surface area (Å²) in [5.74, 6) is -5.81. The van der Waals surface area contributed by atoms with Crippen LogP contribution in [0.2, 0.25) is 0 Å². The number of nitrogens with zero attached hydrogens (tertiary/aromatic N) is 2. The average Bonchev–Trinajstić information content (AvgIpc) is 2.53. The van der Waals surface area contributed by atoms with Gasteiger partial charge in [-0.1, -0.05) is 6.07 Å². The maximum atomic E-state index is 13.7. The van der Waals surface area contributed by atoms with E-state index in [0.29, 0.717) is 11.3 Å². The summed E-state index contributed by atoms with van der Waals surface area (Å²) >= 11 is 1.49. The van der Waals surface area contributed by atoms with E-state index in [1.54, 1.807) is 18.2 Å². The number of halogens is 4. The van der Waals surface area contributed by atoms with Crippen LogP contribution in [0.4, 0.5) is 23.2 Å². The van der Waals surface area contributed by atoms with Crippen LogP contribution >= 0.6 is 11.8 Å². The molecule has 0 spiro atoms. The van der Waals surface area contributed by atoms with Gasteiger partial charge >= 0.3 is 0 Å². The lowest BCUT2D eigenvalue weighted by atomic mass is 10.2. The molecule has 0 saturated carbocycles. The van der Waals surface area contributed by atoms with Crippen molar-refractivity contribution >= 4 is 17.4 Å². The predicted octanol–water partition coefficient (Wildman–Crippen LogP) is 4.00. The van der Waals surface area contributed by atoms with Gasteiger partial charge < -0.3 is 9.64 Å². The minimum Gasteiger partial charge on any atom is -0.496 e. The highest BCUT2D eigenvalue weighted by atomic mass is 32.2. The van der Waals surface area contributed by atoms with Gasteiger partial charge in [-0.05, 0) is 24.0 Å². The fourth-order valence-corrected chi connectivity index (χ4v) is 2.69. The van der Waals surface area contributed by atoms with E-state index in [4.69, 9.17) is 4.74 Å². The Morgan fingerprint density at radius 3 is 2.26 bits per heavy atom. The number of rotatable bonds is 5. The number of aromatic nitrogens is 1. The topological polar surface area (TPSA) is 25.4 Å². The Balaban J connectivity index is 2.35. The first kappa shape index (κ1) is 17.4. The zero-order valence-electron chi connectivity index (χ0n) is 12.7. The molecule has 0 atom stereocenters. The zero-order valence-corrected chi connectivity index (χ0v) is 13.5. The number of ether oxygens (including phenoxy) is 1. The van der Waals surface area contributed by atoms with E-state index >= 15 is 0 Å². The molecule has 0 bridgehead atoms. The third-order valence-electron chi connectivity index (χ3n) is 3.22. The van der Waals surface area contributed by atoms with Gasteiger partial charge in [-0.15, -0.1) is 11.8 Å². The third-order valence-corrected chi connectivity index (χ3v) is 4.00. The largest absolute Gasteiger partial charge is 0.496 e. The maximum Gasteiger partial charge on any atom is 0.253 e. The molecule has 1 aromatic carbocycles. The van der Waals surface area contributed by atoms with Crippen molar-refractivity contribution < 1.29 is 22.3 Å². The molecule has 0 aliphatic heterocycles. The Labute approximate surface area is 135 Å². The molecule has 8 heteroatoms. The molecule has 0 unspecified atom stereocenters. The number of thioether (sulfide) groups is 1. The minimum absolute atomic E-state index is 0.0295. The van der Waals surface area contributed by atoms with Gasteiger partial charge in [-0.3, -0.25) is 0 Å². The van der Waals surface area contributed by atoms with Crippen molar-refractivity contribution in [3.8, 4) is 5.75 Å². The van der Waals surface area contributed by atoms with Crippen molar-refractivity contribution in [3.63, 3.8) is 0 Å². The minimum atomic E-state index is -1.68. The summed E-state index contributed by atoms with van der Waals surface area (Å²) in [6, 6.07) is 5.24. The van der Waals surface area contributed by atoms with Crippen molar-refractivity contribution in [2.75, 3.05) is 25.3 Å². The van der Waals surface area contributed by atoms with Crippen molar-refractivity contribution in [1.82, 2.24) is 4.98 Å². The van der Waals surface area contributed by atoms with Gasteiger partial charge in [0.15, 0.2) is 0 Å². The Morgan fingerprint density at radius 1 is 1.13 bits per heavy atom. The standard InChI is InChI=1S/C15H14F4N2OS/c1-21(13-11(16)14(18)20-15(19)12(13)17)7-8-4-5-10(23-3)9(6-8)22-2/h4-6H,7H2,1-3H3. The molecule has 0 radical (unpaired) electrons. The van der Waals surface area contributed by atoms with Gasteiger partial charge in [-0.25, -0.2) is 0 Å². The maximum absolute atomic E-state index is 13.7. The van der Waals surface area contributed by atoms with Crippen molar-refractivity contribution in [3.05, 3.63) is 47.3 Å². The highest BCUT2D eigenvalue weighted by Gasteiger charge is 2.23. The molecule has 124 valence electrons. The van der Waals surface area contributed by atoms with E-state index in [1.807, 2.05) is 6.26 Å². The van der Waals surface area contributed by atoms with Crippen LogP contribution in [0.3, 0.4) is 0 Å². The summed E-state index contributed by atoms with van der Waals surface area (Å²) in [5, 5.41) is 0. The number of pyridine rings is 1. The summed E-state index contributed by atoms with van der Waals surface area (Å²) < 4.78 is 59.1. The van der Waals surface area contributed by atoms with Crippen LogP contribution in [0.15, 0.2) is 23.1 Å². The van der Waals surface area contributed by atoms with Crippen LogP contribution in [-0.2, 0) is 6.54 Å².